The molecule has 2 heterocycles. The Morgan fingerprint density at radius 2 is 2.12 bits per heavy atom. The van der Waals surface area contributed by atoms with Gasteiger partial charge < -0.3 is 9.57 Å². The number of ether oxygens (including phenoxy) is 1. The fraction of sp³-hybridized carbons (Fsp3) is 0.250. The first-order valence-corrected chi connectivity index (χ1v) is 5.21. The summed E-state index contributed by atoms with van der Waals surface area (Å²) in [6, 6.07) is 8.98. The second-order valence-corrected chi connectivity index (χ2v) is 3.92. The monoisotopic (exact) mass is 228 g/mol. The normalized spacial score (nSPS) is 25.6. The molecule has 2 atom stereocenters. The quantitative estimate of drug-likeness (QED) is 0.671. The molecule has 0 aliphatic carbocycles. The molecule has 0 radical (unpaired) electrons. The number of nitrogens with zero attached hydrogens (tertiary/aromatic N) is 2. The lowest BCUT2D eigenvalue weighted by atomic mass is 10.0. The molecule has 1 fully saturated rings. The molecule has 2 aliphatic rings. The van der Waals surface area contributed by atoms with Gasteiger partial charge in [-0.15, -0.1) is 0 Å². The van der Waals surface area contributed by atoms with Crippen LogP contribution in [0.4, 0.5) is 0 Å². The van der Waals surface area contributed by atoms with Gasteiger partial charge in [0.05, 0.1) is 18.1 Å². The Labute approximate surface area is 97.2 Å². The number of fused-ring (bicyclic) bond motifs is 1. The number of rotatable bonds is 1. The number of hydrogen-bond acceptors (Lipinski definition) is 5. The Morgan fingerprint density at radius 1 is 1.35 bits per heavy atom. The van der Waals surface area contributed by atoms with Crippen molar-refractivity contribution in [2.75, 3.05) is 0 Å². The van der Waals surface area contributed by atoms with Gasteiger partial charge in [0.2, 0.25) is 0 Å². The van der Waals surface area contributed by atoms with Crippen molar-refractivity contribution in [3.05, 3.63) is 35.4 Å². The van der Waals surface area contributed by atoms with E-state index < -0.39 is 6.10 Å². The molecule has 0 spiro atoms. The highest BCUT2D eigenvalue weighted by atomic mass is 16.7. The van der Waals surface area contributed by atoms with Gasteiger partial charge in [0, 0.05) is 5.56 Å². The third-order valence-corrected chi connectivity index (χ3v) is 2.83. The predicted molar refractivity (Wildman–Crippen MR) is 57.1 cm³/mol. The van der Waals surface area contributed by atoms with Crippen molar-refractivity contribution >= 4 is 11.7 Å². The van der Waals surface area contributed by atoms with Gasteiger partial charge in [-0.1, -0.05) is 17.3 Å². The van der Waals surface area contributed by atoms with E-state index in [0.29, 0.717) is 11.3 Å². The van der Waals surface area contributed by atoms with Gasteiger partial charge in [0.15, 0.2) is 12.2 Å². The van der Waals surface area contributed by atoms with Crippen LogP contribution in [0, 0.1) is 11.3 Å². The minimum absolute atomic E-state index is 0.244. The maximum Gasteiger partial charge on any atom is 0.310 e. The molecule has 2 aliphatic heterocycles. The van der Waals surface area contributed by atoms with Gasteiger partial charge in [0.25, 0.3) is 0 Å². The number of benzene rings is 1. The predicted octanol–water partition coefficient (Wildman–Crippen LogP) is 0.977. The maximum atomic E-state index is 11.1. The van der Waals surface area contributed by atoms with Crippen LogP contribution in [0.25, 0.3) is 0 Å². The third-order valence-electron chi connectivity index (χ3n) is 2.83. The highest BCUT2D eigenvalue weighted by molar-refractivity contribution is 6.06. The summed E-state index contributed by atoms with van der Waals surface area (Å²) in [4.78, 5) is 16.3. The van der Waals surface area contributed by atoms with Crippen molar-refractivity contribution in [2.24, 2.45) is 5.16 Å². The molecule has 5 heteroatoms. The van der Waals surface area contributed by atoms with Gasteiger partial charge in [-0.05, 0) is 12.1 Å². The van der Waals surface area contributed by atoms with Crippen LogP contribution in [0.3, 0.4) is 0 Å². The van der Waals surface area contributed by atoms with Crippen molar-refractivity contribution in [2.45, 2.75) is 18.6 Å². The number of nitriles is 1. The van der Waals surface area contributed by atoms with Crippen molar-refractivity contribution < 1.29 is 14.4 Å². The Balaban J connectivity index is 1.90. The fourth-order valence-electron chi connectivity index (χ4n) is 1.97. The van der Waals surface area contributed by atoms with Crippen molar-refractivity contribution in [3.63, 3.8) is 0 Å². The summed E-state index contributed by atoms with van der Waals surface area (Å²) < 4.78 is 5.15. The van der Waals surface area contributed by atoms with E-state index in [1.807, 2.05) is 6.07 Å². The van der Waals surface area contributed by atoms with E-state index in [1.165, 1.54) is 0 Å². The van der Waals surface area contributed by atoms with E-state index in [9.17, 15) is 4.79 Å². The lowest BCUT2D eigenvalue weighted by molar-refractivity contribution is -0.139. The van der Waals surface area contributed by atoms with Crippen molar-refractivity contribution in [3.8, 4) is 6.07 Å². The van der Waals surface area contributed by atoms with Gasteiger partial charge in [-0.2, -0.15) is 5.26 Å². The first kappa shape index (κ1) is 9.85. The molecular weight excluding hydrogens is 220 g/mol. The molecule has 0 amide bonds. The smallest absolute Gasteiger partial charge is 0.310 e. The average molecular weight is 228 g/mol. The summed E-state index contributed by atoms with van der Waals surface area (Å²) in [5.74, 6) is -0.263. The second kappa shape index (κ2) is 3.59. The maximum absolute atomic E-state index is 11.1. The second-order valence-electron chi connectivity index (χ2n) is 3.92. The van der Waals surface area contributed by atoms with Gasteiger partial charge in [-0.25, -0.2) is 0 Å². The topological polar surface area (TPSA) is 71.7 Å². The minimum Gasteiger partial charge on any atom is -0.451 e. The summed E-state index contributed by atoms with van der Waals surface area (Å²) in [6.45, 7) is 0. The SMILES string of the molecule is N#Cc1ccc(C2=NO[C@@H]3CC(=O)O[C@H]23)cc1. The largest absolute Gasteiger partial charge is 0.451 e. The van der Waals surface area contributed by atoms with Crippen LogP contribution in [-0.4, -0.2) is 23.9 Å². The standard InChI is InChI=1S/C12H8N2O3/c13-6-7-1-3-8(4-2-7)11-12-9(17-14-11)5-10(15)16-12/h1-4,9,12H,5H2/t9-,12+/m1/s1. The van der Waals surface area contributed by atoms with Crippen LogP contribution in [0.15, 0.2) is 29.4 Å². The third kappa shape index (κ3) is 1.54. The molecule has 1 saturated heterocycles. The highest BCUT2D eigenvalue weighted by Gasteiger charge is 2.45. The molecule has 84 valence electrons. The molecular formula is C12H8N2O3. The molecule has 0 aromatic heterocycles. The van der Waals surface area contributed by atoms with E-state index in [-0.39, 0.29) is 18.5 Å². The van der Waals surface area contributed by atoms with Gasteiger partial charge in [-0.3, -0.25) is 4.79 Å². The van der Waals surface area contributed by atoms with E-state index in [2.05, 4.69) is 5.16 Å². The Kier molecular flexibility index (Phi) is 2.08. The number of carbonyl (C=O) groups is 1. The van der Waals surface area contributed by atoms with E-state index in [0.717, 1.165) is 5.56 Å². The van der Waals surface area contributed by atoms with Gasteiger partial charge in [0.1, 0.15) is 5.71 Å². The Bertz CT molecular complexity index is 542. The summed E-state index contributed by atoms with van der Waals surface area (Å²) in [5.41, 5.74) is 2.00. The summed E-state index contributed by atoms with van der Waals surface area (Å²) in [5, 5.41) is 12.6. The fourth-order valence-corrected chi connectivity index (χ4v) is 1.97. The summed E-state index contributed by atoms with van der Waals surface area (Å²) in [6.07, 6.45) is -0.461. The van der Waals surface area contributed by atoms with Crippen LogP contribution < -0.4 is 0 Å². The number of hydrogen-bond donors (Lipinski definition) is 0. The van der Waals surface area contributed by atoms with Crippen molar-refractivity contribution in [1.29, 1.82) is 5.26 Å². The summed E-state index contributed by atoms with van der Waals surface area (Å²) in [7, 11) is 0. The minimum atomic E-state index is -0.407. The van der Waals surface area contributed by atoms with E-state index >= 15 is 0 Å². The summed E-state index contributed by atoms with van der Waals surface area (Å²) >= 11 is 0. The average Bonchev–Trinajstić information content (AvgIpc) is 2.88. The zero-order valence-corrected chi connectivity index (χ0v) is 8.79. The molecule has 0 unspecified atom stereocenters. The molecule has 3 rings (SSSR count). The van der Waals surface area contributed by atoms with Crippen LogP contribution in [0.2, 0.25) is 0 Å². The number of esters is 1. The molecule has 0 N–H and O–H groups in total. The lowest BCUT2D eigenvalue weighted by Gasteiger charge is -2.07. The first-order chi connectivity index (χ1) is 8.28. The van der Waals surface area contributed by atoms with Crippen LogP contribution in [-0.2, 0) is 14.4 Å². The molecule has 1 aromatic rings. The van der Waals surface area contributed by atoms with E-state index in [4.69, 9.17) is 14.8 Å². The zero-order chi connectivity index (χ0) is 11.8. The Hall–Kier alpha value is -2.35. The molecule has 0 saturated carbocycles. The number of oxime groups is 1. The molecule has 5 nitrogen and oxygen atoms in total. The molecule has 17 heavy (non-hydrogen) atoms. The Morgan fingerprint density at radius 3 is 2.82 bits per heavy atom. The number of carbonyl (C=O) groups excluding carboxylic acids is 1. The van der Waals surface area contributed by atoms with Crippen LogP contribution in [0.1, 0.15) is 17.5 Å². The lowest BCUT2D eigenvalue weighted by Crippen LogP contribution is -2.25. The molecule has 1 aromatic carbocycles. The van der Waals surface area contributed by atoms with Crippen LogP contribution in [0.5, 0.6) is 0 Å². The molecule has 0 bridgehead atoms. The van der Waals surface area contributed by atoms with Crippen LogP contribution >= 0.6 is 0 Å². The zero-order valence-electron chi connectivity index (χ0n) is 8.79. The first-order valence-electron chi connectivity index (χ1n) is 5.21. The van der Waals surface area contributed by atoms with Crippen molar-refractivity contribution in [1.82, 2.24) is 0 Å². The highest BCUT2D eigenvalue weighted by Crippen LogP contribution is 2.28. The van der Waals surface area contributed by atoms with E-state index in [1.54, 1.807) is 24.3 Å². The van der Waals surface area contributed by atoms with Gasteiger partial charge >= 0.3 is 5.97 Å².